The average Bonchev–Trinajstić information content (AvgIpc) is 3.31. The van der Waals surface area contributed by atoms with Crippen LogP contribution in [0, 0.1) is 18.3 Å². The Morgan fingerprint density at radius 1 is 1.41 bits per heavy atom. The van der Waals surface area contributed by atoms with E-state index in [1.807, 2.05) is 31.4 Å². The zero-order valence-electron chi connectivity index (χ0n) is 14.3. The van der Waals surface area contributed by atoms with Crippen molar-refractivity contribution in [1.29, 1.82) is 5.26 Å². The Labute approximate surface area is 169 Å². The Hall–Kier alpha value is -2.60. The first kappa shape index (κ1) is 19.2. The maximum Gasteiger partial charge on any atom is 0.268 e. The quantitative estimate of drug-likeness (QED) is 0.356. The van der Waals surface area contributed by atoms with E-state index in [0.29, 0.717) is 26.8 Å². The standard InChI is InChI=1S/C18H13ClN4O2S2/c1-10-3-4-11(8-14(10)19)15-6-5-13(25-15)7-12(9-20)16(24)21-17-22-18(26-2)23-27-17/h3-8H,1-2H3,(H,21,22,23,24). The van der Waals surface area contributed by atoms with Crippen LogP contribution < -0.4 is 5.32 Å². The van der Waals surface area contributed by atoms with E-state index in [9.17, 15) is 10.1 Å². The SMILES string of the molecule is CSc1nsc(NC(=O)C(C#N)=Cc2ccc(-c3ccc(C)c(Cl)c3)o2)n1. The van der Waals surface area contributed by atoms with Crippen LogP contribution in [0.5, 0.6) is 0 Å². The van der Waals surface area contributed by atoms with Gasteiger partial charge in [-0.05, 0) is 36.9 Å². The molecular weight excluding hydrogens is 404 g/mol. The van der Waals surface area contributed by atoms with Crippen LogP contribution in [0.2, 0.25) is 5.02 Å². The number of anilines is 1. The lowest BCUT2D eigenvalue weighted by Crippen LogP contribution is -2.13. The minimum Gasteiger partial charge on any atom is -0.457 e. The third kappa shape index (κ3) is 4.57. The second kappa shape index (κ2) is 8.39. The van der Waals surface area contributed by atoms with Gasteiger partial charge in [0, 0.05) is 28.2 Å². The van der Waals surface area contributed by atoms with Gasteiger partial charge in [0.15, 0.2) is 0 Å². The molecule has 9 heteroatoms. The van der Waals surface area contributed by atoms with Crippen molar-refractivity contribution >= 4 is 52.0 Å². The Bertz CT molecular complexity index is 1070. The van der Waals surface area contributed by atoms with Crippen LogP contribution in [-0.4, -0.2) is 21.5 Å². The molecule has 3 rings (SSSR count). The van der Waals surface area contributed by atoms with Crippen molar-refractivity contribution in [2.45, 2.75) is 12.1 Å². The van der Waals surface area contributed by atoms with Gasteiger partial charge in [-0.2, -0.15) is 14.6 Å². The molecule has 136 valence electrons. The van der Waals surface area contributed by atoms with Crippen LogP contribution in [0.4, 0.5) is 5.13 Å². The Morgan fingerprint density at radius 2 is 2.22 bits per heavy atom. The first-order valence-electron chi connectivity index (χ1n) is 7.67. The average molecular weight is 417 g/mol. The van der Waals surface area contributed by atoms with Crippen molar-refractivity contribution in [3.63, 3.8) is 0 Å². The van der Waals surface area contributed by atoms with Crippen molar-refractivity contribution in [3.8, 4) is 17.4 Å². The van der Waals surface area contributed by atoms with Crippen molar-refractivity contribution in [2.24, 2.45) is 0 Å². The van der Waals surface area contributed by atoms with Crippen molar-refractivity contribution in [2.75, 3.05) is 11.6 Å². The number of hydrogen-bond acceptors (Lipinski definition) is 7. The molecule has 6 nitrogen and oxygen atoms in total. The molecule has 1 N–H and O–H groups in total. The van der Waals surface area contributed by atoms with Crippen molar-refractivity contribution in [1.82, 2.24) is 9.36 Å². The fourth-order valence-electron chi connectivity index (χ4n) is 2.13. The summed E-state index contributed by atoms with van der Waals surface area (Å²) in [5.41, 5.74) is 1.68. The monoisotopic (exact) mass is 416 g/mol. The van der Waals surface area contributed by atoms with E-state index < -0.39 is 5.91 Å². The number of hydrogen-bond donors (Lipinski definition) is 1. The van der Waals surface area contributed by atoms with Gasteiger partial charge in [0.05, 0.1) is 0 Å². The number of nitriles is 1. The summed E-state index contributed by atoms with van der Waals surface area (Å²) in [5.74, 6) is 0.405. The Kier molecular flexibility index (Phi) is 5.96. The summed E-state index contributed by atoms with van der Waals surface area (Å²) in [6.07, 6.45) is 3.22. The summed E-state index contributed by atoms with van der Waals surface area (Å²) >= 11 is 8.57. The molecule has 0 radical (unpaired) electrons. The zero-order valence-corrected chi connectivity index (χ0v) is 16.7. The molecule has 0 saturated heterocycles. The topological polar surface area (TPSA) is 91.8 Å². The van der Waals surface area contributed by atoms with Gasteiger partial charge < -0.3 is 4.42 Å². The van der Waals surface area contributed by atoms with E-state index in [2.05, 4.69) is 14.7 Å². The molecular formula is C18H13ClN4O2S2. The largest absolute Gasteiger partial charge is 0.457 e. The molecule has 3 aromatic rings. The van der Waals surface area contributed by atoms with E-state index in [0.717, 1.165) is 22.7 Å². The highest BCUT2D eigenvalue weighted by Gasteiger charge is 2.14. The van der Waals surface area contributed by atoms with Gasteiger partial charge in [-0.15, -0.1) is 0 Å². The van der Waals surface area contributed by atoms with E-state index in [4.69, 9.17) is 16.0 Å². The maximum absolute atomic E-state index is 12.3. The number of benzene rings is 1. The summed E-state index contributed by atoms with van der Waals surface area (Å²) < 4.78 is 9.78. The molecule has 0 bridgehead atoms. The second-order valence-corrected chi connectivity index (χ2v) is 7.31. The minimum absolute atomic E-state index is 0.0984. The molecule has 1 amide bonds. The molecule has 0 aliphatic heterocycles. The molecule has 0 atom stereocenters. The van der Waals surface area contributed by atoms with Crippen LogP contribution in [0.15, 0.2) is 45.5 Å². The summed E-state index contributed by atoms with van der Waals surface area (Å²) in [7, 11) is 0. The van der Waals surface area contributed by atoms with E-state index >= 15 is 0 Å². The Morgan fingerprint density at radius 3 is 2.89 bits per heavy atom. The van der Waals surface area contributed by atoms with Crippen LogP contribution in [0.1, 0.15) is 11.3 Å². The lowest BCUT2D eigenvalue weighted by Gasteiger charge is -2.01. The highest BCUT2D eigenvalue weighted by Crippen LogP contribution is 2.27. The molecule has 2 aromatic heterocycles. The number of amides is 1. The molecule has 0 spiro atoms. The van der Waals surface area contributed by atoms with Crippen molar-refractivity contribution < 1.29 is 9.21 Å². The van der Waals surface area contributed by atoms with Crippen LogP contribution >= 0.6 is 34.9 Å². The number of carbonyl (C=O) groups is 1. The summed E-state index contributed by atoms with van der Waals surface area (Å²) in [6, 6.07) is 10.9. The number of carbonyl (C=O) groups excluding carboxylic acids is 1. The molecule has 0 aliphatic carbocycles. The molecule has 0 unspecified atom stereocenters. The third-order valence-corrected chi connectivity index (χ3v) is 5.25. The first-order valence-corrected chi connectivity index (χ1v) is 10.0. The van der Waals surface area contributed by atoms with Crippen molar-refractivity contribution in [3.05, 3.63) is 52.3 Å². The molecule has 0 saturated carbocycles. The van der Waals surface area contributed by atoms with Crippen LogP contribution in [0.25, 0.3) is 17.4 Å². The van der Waals surface area contributed by atoms with Gasteiger partial charge in [-0.3, -0.25) is 10.1 Å². The highest BCUT2D eigenvalue weighted by atomic mass is 35.5. The summed E-state index contributed by atoms with van der Waals surface area (Å²) in [6.45, 7) is 1.92. The molecule has 2 heterocycles. The molecule has 0 aliphatic rings. The van der Waals surface area contributed by atoms with Gasteiger partial charge in [-0.1, -0.05) is 35.5 Å². The first-order chi connectivity index (χ1) is 13.0. The fourth-order valence-corrected chi connectivity index (χ4v) is 3.43. The molecule has 0 fully saturated rings. The summed E-state index contributed by atoms with van der Waals surface area (Å²) in [5, 5.41) is 13.4. The van der Waals surface area contributed by atoms with Gasteiger partial charge in [0.25, 0.3) is 5.91 Å². The zero-order chi connectivity index (χ0) is 19.4. The number of aromatic nitrogens is 2. The highest BCUT2D eigenvalue weighted by molar-refractivity contribution is 7.98. The van der Waals surface area contributed by atoms with Crippen LogP contribution in [0.3, 0.4) is 0 Å². The van der Waals surface area contributed by atoms with Gasteiger partial charge in [-0.25, -0.2) is 0 Å². The maximum atomic E-state index is 12.3. The number of aryl methyl sites for hydroxylation is 1. The van der Waals surface area contributed by atoms with Gasteiger partial charge in [0.2, 0.25) is 10.3 Å². The number of nitrogens with one attached hydrogen (secondary N) is 1. The fraction of sp³-hybridized carbons (Fsp3) is 0.111. The number of nitrogens with zero attached hydrogens (tertiary/aromatic N) is 3. The number of furan rings is 1. The van der Waals surface area contributed by atoms with E-state index in [-0.39, 0.29) is 5.57 Å². The normalized spacial score (nSPS) is 11.3. The lowest BCUT2D eigenvalue weighted by atomic mass is 10.1. The predicted octanol–water partition coefficient (Wildman–Crippen LogP) is 5.03. The molecule has 27 heavy (non-hydrogen) atoms. The van der Waals surface area contributed by atoms with Crippen LogP contribution in [-0.2, 0) is 4.79 Å². The molecule has 1 aromatic carbocycles. The Balaban J connectivity index is 1.79. The number of rotatable bonds is 5. The number of halogens is 1. The lowest BCUT2D eigenvalue weighted by molar-refractivity contribution is -0.112. The van der Waals surface area contributed by atoms with E-state index in [1.165, 1.54) is 17.8 Å². The van der Waals surface area contributed by atoms with E-state index in [1.54, 1.807) is 18.2 Å². The minimum atomic E-state index is -0.572. The van der Waals surface area contributed by atoms with Gasteiger partial charge >= 0.3 is 0 Å². The number of thioether (sulfide) groups is 1. The second-order valence-electron chi connectivity index (χ2n) is 5.38. The summed E-state index contributed by atoms with van der Waals surface area (Å²) in [4.78, 5) is 16.4. The van der Waals surface area contributed by atoms with Gasteiger partial charge in [0.1, 0.15) is 23.2 Å². The predicted molar refractivity (Wildman–Crippen MR) is 108 cm³/mol. The third-order valence-electron chi connectivity index (χ3n) is 3.55. The smallest absolute Gasteiger partial charge is 0.268 e.